The number of anilines is 2. The maximum absolute atomic E-state index is 14.0. The molecule has 0 radical (unpaired) electrons. The van der Waals surface area contributed by atoms with Gasteiger partial charge in [0.1, 0.15) is 30.0 Å². The number of alkyl halides is 3. The summed E-state index contributed by atoms with van der Waals surface area (Å²) in [4.78, 5) is 64.0. The number of rotatable bonds is 17. The number of thiazole rings is 1. The van der Waals surface area contributed by atoms with Gasteiger partial charge in [-0.1, -0.05) is 69.3 Å². The van der Waals surface area contributed by atoms with Crippen LogP contribution < -0.4 is 25.2 Å². The van der Waals surface area contributed by atoms with Gasteiger partial charge in [0.2, 0.25) is 17.7 Å². The molecule has 18 heteroatoms. The van der Waals surface area contributed by atoms with E-state index in [2.05, 4.69) is 15.6 Å². The number of benzene rings is 4. The maximum atomic E-state index is 14.0. The number of aromatic nitrogens is 1. The number of aryl methyl sites for hydroxylation is 1. The fourth-order valence-electron chi connectivity index (χ4n) is 8.85. The molecule has 72 heavy (non-hydrogen) atoms. The van der Waals surface area contributed by atoms with E-state index in [4.69, 9.17) is 21.7 Å². The van der Waals surface area contributed by atoms with Crippen molar-refractivity contribution in [1.82, 2.24) is 20.5 Å². The highest BCUT2D eigenvalue weighted by molar-refractivity contribution is 7.81. The normalized spacial score (nSPS) is 16.6. The summed E-state index contributed by atoms with van der Waals surface area (Å²) < 4.78 is 53.2. The van der Waals surface area contributed by atoms with Crippen LogP contribution in [0, 0.1) is 23.7 Å². The smallest absolute Gasteiger partial charge is 0.417 e. The summed E-state index contributed by atoms with van der Waals surface area (Å²) in [5.41, 5.74) is 3.50. The van der Waals surface area contributed by atoms with Gasteiger partial charge in [-0.2, -0.15) is 18.4 Å². The molecule has 1 aromatic heterocycles. The van der Waals surface area contributed by atoms with E-state index < -0.39 is 52.2 Å². The predicted molar refractivity (Wildman–Crippen MR) is 275 cm³/mol. The van der Waals surface area contributed by atoms with Crippen molar-refractivity contribution < 1.29 is 41.8 Å². The maximum Gasteiger partial charge on any atom is 0.417 e. The minimum Gasteiger partial charge on any atom is -0.494 e. The molecule has 2 fully saturated rings. The summed E-state index contributed by atoms with van der Waals surface area (Å²) in [7, 11) is 0. The van der Waals surface area contributed by atoms with E-state index in [-0.39, 0.29) is 35.3 Å². The number of likely N-dealkylation sites (tertiary alicyclic amines) is 1. The van der Waals surface area contributed by atoms with Gasteiger partial charge >= 0.3 is 6.18 Å². The Bertz CT molecular complexity index is 2840. The molecule has 7 rings (SSSR count). The van der Waals surface area contributed by atoms with Crippen LogP contribution in [-0.4, -0.2) is 82.1 Å². The largest absolute Gasteiger partial charge is 0.494 e. The van der Waals surface area contributed by atoms with Gasteiger partial charge < -0.3 is 29.9 Å². The molecule has 378 valence electrons. The van der Waals surface area contributed by atoms with Crippen molar-refractivity contribution in [2.24, 2.45) is 5.41 Å². The highest BCUT2D eigenvalue weighted by Gasteiger charge is 2.51. The Morgan fingerprint density at radius 1 is 0.958 bits per heavy atom. The molecule has 4 aromatic carbocycles. The molecule has 2 aliphatic heterocycles. The zero-order chi connectivity index (χ0) is 52.1. The molecule has 0 saturated carbocycles. The number of carbonyl (C=O) groups is 4. The number of nitrogens with one attached hydrogen (secondary N) is 2. The van der Waals surface area contributed by atoms with E-state index in [1.807, 2.05) is 101 Å². The molecule has 13 nitrogen and oxygen atoms in total. The number of carbonyl (C=O) groups excluding carboxylic acids is 4. The second-order valence-electron chi connectivity index (χ2n) is 19.6. The lowest BCUT2D eigenvalue weighted by molar-refractivity contribution is -0.144. The van der Waals surface area contributed by atoms with Gasteiger partial charge in [-0.15, -0.1) is 11.3 Å². The van der Waals surface area contributed by atoms with Crippen LogP contribution in [0.1, 0.15) is 89.6 Å². The molecule has 5 aromatic rings. The van der Waals surface area contributed by atoms with Gasteiger partial charge in [0.25, 0.3) is 5.91 Å². The Hall–Kier alpha value is -6.68. The van der Waals surface area contributed by atoms with Crippen molar-refractivity contribution in [3.8, 4) is 33.4 Å². The number of nitriles is 1. The topological polar surface area (TPSA) is 157 Å². The molecule has 2 saturated heterocycles. The second-order valence-corrected chi connectivity index (χ2v) is 20.8. The molecular weight excluding hydrogens is 964 g/mol. The molecule has 3 atom stereocenters. The molecule has 0 bridgehead atoms. The minimum atomic E-state index is -4.80. The first-order valence-corrected chi connectivity index (χ1v) is 25.0. The summed E-state index contributed by atoms with van der Waals surface area (Å²) in [5, 5.41) is 15.2. The van der Waals surface area contributed by atoms with E-state index in [9.17, 15) is 37.6 Å². The number of halogens is 3. The van der Waals surface area contributed by atoms with Crippen LogP contribution in [0.4, 0.5) is 24.5 Å². The molecule has 0 unspecified atom stereocenters. The number of ether oxygens (including phenoxy) is 2. The Morgan fingerprint density at radius 3 is 2.21 bits per heavy atom. The lowest BCUT2D eigenvalue weighted by Crippen LogP contribution is -2.58. The first-order valence-electron chi connectivity index (χ1n) is 23.7. The van der Waals surface area contributed by atoms with Crippen LogP contribution in [0.2, 0.25) is 0 Å². The average molecular weight is 1020 g/mol. The molecule has 4 amide bonds. The van der Waals surface area contributed by atoms with Crippen LogP contribution >= 0.6 is 23.6 Å². The molecular formula is C54H58F3N7O6S2. The highest BCUT2D eigenvalue weighted by Crippen LogP contribution is 2.40. The number of hydrogen-bond donors (Lipinski definition) is 2. The Morgan fingerprint density at radius 2 is 1.60 bits per heavy atom. The summed E-state index contributed by atoms with van der Waals surface area (Å²) in [6.07, 6.45) is -2.60. The summed E-state index contributed by atoms with van der Waals surface area (Å²) in [5.74, 6) is -0.801. The van der Waals surface area contributed by atoms with Crippen LogP contribution in [-0.2, 0) is 36.6 Å². The van der Waals surface area contributed by atoms with Crippen molar-refractivity contribution in [3.63, 3.8) is 0 Å². The Labute approximate surface area is 427 Å². The van der Waals surface area contributed by atoms with Crippen molar-refractivity contribution in [2.75, 3.05) is 29.6 Å². The number of thiocarbonyl (C=S) groups is 1. The van der Waals surface area contributed by atoms with Crippen molar-refractivity contribution in [1.29, 1.82) is 5.26 Å². The molecule has 0 spiro atoms. The standard InChI is InChI=1S/C54H58F3N7O6S2/c1-33(70-31-45(65)61-47(52(3,4)5)49(67)62-26-8-11-44(62)48(66)59-30-35-12-14-38(15-13-35)46-34(2)60-32-72-46)10-9-27-69-42-24-19-37(20-25-42)36-16-21-40(22-17-36)64-51(71)63(50(68)53(64,6)7)41-23-18-39(29-58)43(28-41)54(55,56)57/h12-25,28,32-33,44,47H,8-11,26-27,30-31H2,1-7H3,(H,59,66)(H,61,65)/t33-,44+,47-/m1/s1. The predicted octanol–water partition coefficient (Wildman–Crippen LogP) is 10.00. The van der Waals surface area contributed by atoms with E-state index in [1.54, 1.807) is 53.2 Å². The van der Waals surface area contributed by atoms with E-state index >= 15 is 0 Å². The van der Waals surface area contributed by atoms with Gasteiger partial charge in [-0.25, -0.2) is 4.98 Å². The monoisotopic (exact) mass is 1020 g/mol. The second kappa shape index (κ2) is 22.0. The Kier molecular flexibility index (Phi) is 16.2. The minimum absolute atomic E-state index is 0.00904. The quantitative estimate of drug-likeness (QED) is 0.0679. The van der Waals surface area contributed by atoms with Crippen LogP contribution in [0.25, 0.3) is 21.6 Å². The number of nitrogens with zero attached hydrogens (tertiary/aromatic N) is 5. The van der Waals surface area contributed by atoms with Crippen LogP contribution in [0.5, 0.6) is 5.75 Å². The van der Waals surface area contributed by atoms with Crippen LogP contribution in [0.3, 0.4) is 0 Å². The first-order chi connectivity index (χ1) is 34.1. The summed E-state index contributed by atoms with van der Waals surface area (Å²) in [6.45, 7) is 13.7. The van der Waals surface area contributed by atoms with Gasteiger partial charge in [0.05, 0.1) is 51.7 Å². The van der Waals surface area contributed by atoms with Gasteiger partial charge in [-0.05, 0) is 136 Å². The molecule has 2 N–H and O–H groups in total. The average Bonchev–Trinajstić information content (AvgIpc) is 4.06. The van der Waals surface area contributed by atoms with Gasteiger partial charge in [0.15, 0.2) is 5.11 Å². The third kappa shape index (κ3) is 12.0. The van der Waals surface area contributed by atoms with Crippen molar-refractivity contribution in [3.05, 3.63) is 119 Å². The van der Waals surface area contributed by atoms with Crippen molar-refractivity contribution >= 4 is 63.7 Å². The lowest BCUT2D eigenvalue weighted by atomic mass is 9.85. The first kappa shape index (κ1) is 53.1. The third-order valence-corrected chi connectivity index (χ3v) is 14.2. The summed E-state index contributed by atoms with van der Waals surface area (Å²) in [6, 6.07) is 26.0. The van der Waals surface area contributed by atoms with Gasteiger partial charge in [-0.3, -0.25) is 24.1 Å². The van der Waals surface area contributed by atoms with E-state index in [0.29, 0.717) is 56.8 Å². The van der Waals surface area contributed by atoms with E-state index in [1.165, 1.54) is 6.07 Å². The number of hydrogen-bond acceptors (Lipinski definition) is 10. The summed E-state index contributed by atoms with van der Waals surface area (Å²) >= 11 is 7.26. The fourth-order valence-corrected chi connectivity index (χ4v) is 10.2. The highest BCUT2D eigenvalue weighted by atomic mass is 32.1. The molecule has 0 aliphatic carbocycles. The van der Waals surface area contributed by atoms with Crippen molar-refractivity contribution in [2.45, 2.75) is 111 Å². The SMILES string of the molecule is Cc1ncsc1-c1ccc(CNC(=O)[C@@H]2CCCN2C(=O)[C@@H](NC(=O)CO[C@H](C)CCCOc2ccc(-c3ccc(N4C(=S)N(c5ccc(C#N)c(C(F)(F)F)c5)C(=O)C4(C)C)cc3)cc2)C(C)(C)C)cc1. The fraction of sp³-hybridized carbons (Fsp3) is 0.389. The third-order valence-electron chi connectivity index (χ3n) is 12.9. The van der Waals surface area contributed by atoms with E-state index in [0.717, 1.165) is 49.9 Å². The Balaban J connectivity index is 0.847. The zero-order valence-electron chi connectivity index (χ0n) is 41.3. The molecule has 2 aliphatic rings. The van der Waals surface area contributed by atoms with Crippen LogP contribution in [0.15, 0.2) is 96.5 Å². The molecule has 3 heterocycles. The van der Waals surface area contributed by atoms with Gasteiger partial charge in [0, 0.05) is 18.8 Å². The zero-order valence-corrected chi connectivity index (χ0v) is 42.9. The number of amides is 4. The lowest BCUT2D eigenvalue weighted by Gasteiger charge is -2.35.